The molecule has 0 aromatic carbocycles. The third kappa shape index (κ3) is 2.86. The Morgan fingerprint density at radius 1 is 1.56 bits per heavy atom. The van der Waals surface area contributed by atoms with Crippen LogP contribution in [0, 0.1) is 5.92 Å². The van der Waals surface area contributed by atoms with Gasteiger partial charge in [0.2, 0.25) is 0 Å². The summed E-state index contributed by atoms with van der Waals surface area (Å²) in [6.45, 7) is 9.11. The molecule has 1 aliphatic heterocycles. The molecule has 1 saturated heterocycles. The first-order valence-corrected chi connectivity index (χ1v) is 6.24. The van der Waals surface area contributed by atoms with Crippen molar-refractivity contribution in [1.82, 2.24) is 10.2 Å². The van der Waals surface area contributed by atoms with Gasteiger partial charge in [0, 0.05) is 38.6 Å². The molecule has 0 spiro atoms. The fourth-order valence-electron chi connectivity index (χ4n) is 2.41. The highest BCUT2D eigenvalue weighted by Crippen LogP contribution is 2.13. The van der Waals surface area contributed by atoms with Crippen molar-refractivity contribution in [3.8, 4) is 0 Å². The van der Waals surface area contributed by atoms with Crippen LogP contribution >= 0.6 is 0 Å². The SMILES string of the molecule is CC(C)C1CNCCN1CCc1ccco1. The van der Waals surface area contributed by atoms with Crippen LogP contribution in [0.15, 0.2) is 22.8 Å². The molecule has 2 heterocycles. The fourth-order valence-corrected chi connectivity index (χ4v) is 2.41. The molecule has 3 heteroatoms. The lowest BCUT2D eigenvalue weighted by Gasteiger charge is -2.38. The zero-order valence-corrected chi connectivity index (χ0v) is 10.3. The van der Waals surface area contributed by atoms with Gasteiger partial charge < -0.3 is 9.73 Å². The maximum Gasteiger partial charge on any atom is 0.105 e. The van der Waals surface area contributed by atoms with Gasteiger partial charge in [0.05, 0.1) is 6.26 Å². The van der Waals surface area contributed by atoms with Crippen molar-refractivity contribution >= 4 is 0 Å². The molecule has 1 aromatic heterocycles. The Balaban J connectivity index is 1.86. The molecule has 1 aliphatic rings. The smallest absolute Gasteiger partial charge is 0.105 e. The minimum Gasteiger partial charge on any atom is -0.469 e. The van der Waals surface area contributed by atoms with E-state index in [9.17, 15) is 0 Å². The summed E-state index contributed by atoms with van der Waals surface area (Å²) in [6.07, 6.45) is 2.78. The van der Waals surface area contributed by atoms with Crippen LogP contribution in [-0.4, -0.2) is 37.1 Å². The van der Waals surface area contributed by atoms with Gasteiger partial charge >= 0.3 is 0 Å². The Kier molecular flexibility index (Phi) is 4.02. The fraction of sp³-hybridized carbons (Fsp3) is 0.692. The highest BCUT2D eigenvalue weighted by atomic mass is 16.3. The monoisotopic (exact) mass is 222 g/mol. The highest BCUT2D eigenvalue weighted by molar-refractivity contribution is 4.99. The molecule has 16 heavy (non-hydrogen) atoms. The van der Waals surface area contributed by atoms with E-state index in [-0.39, 0.29) is 0 Å². The minimum absolute atomic E-state index is 0.670. The first-order chi connectivity index (χ1) is 7.77. The minimum atomic E-state index is 0.670. The lowest BCUT2D eigenvalue weighted by molar-refractivity contribution is 0.124. The van der Waals surface area contributed by atoms with E-state index in [0.717, 1.165) is 38.4 Å². The summed E-state index contributed by atoms with van der Waals surface area (Å²) in [6, 6.07) is 4.70. The second kappa shape index (κ2) is 5.51. The molecule has 1 unspecified atom stereocenters. The van der Waals surface area contributed by atoms with Gasteiger partial charge in [-0.1, -0.05) is 13.8 Å². The normalized spacial score (nSPS) is 22.8. The van der Waals surface area contributed by atoms with Crippen LogP contribution in [0.5, 0.6) is 0 Å². The topological polar surface area (TPSA) is 28.4 Å². The third-order valence-corrected chi connectivity index (χ3v) is 3.39. The summed E-state index contributed by atoms with van der Waals surface area (Å²) in [5, 5.41) is 3.47. The summed E-state index contributed by atoms with van der Waals surface area (Å²) >= 11 is 0. The molecule has 1 N–H and O–H groups in total. The molecule has 1 atom stereocenters. The average Bonchev–Trinajstić information content (AvgIpc) is 2.79. The zero-order valence-electron chi connectivity index (χ0n) is 10.3. The standard InChI is InChI=1S/C13H22N2O/c1-11(2)13-10-14-6-8-15(13)7-5-12-4-3-9-16-12/h3-4,9,11,13-14H,5-8,10H2,1-2H3. The highest BCUT2D eigenvalue weighted by Gasteiger charge is 2.24. The molecule has 90 valence electrons. The second-order valence-corrected chi connectivity index (χ2v) is 4.88. The van der Waals surface area contributed by atoms with Gasteiger partial charge in [-0.05, 0) is 18.1 Å². The van der Waals surface area contributed by atoms with E-state index in [0.29, 0.717) is 12.0 Å². The molecule has 2 rings (SSSR count). The van der Waals surface area contributed by atoms with Crippen LogP contribution in [-0.2, 0) is 6.42 Å². The van der Waals surface area contributed by atoms with Crippen molar-refractivity contribution in [3.05, 3.63) is 24.2 Å². The van der Waals surface area contributed by atoms with Crippen LogP contribution in [0.4, 0.5) is 0 Å². The van der Waals surface area contributed by atoms with Crippen molar-refractivity contribution in [1.29, 1.82) is 0 Å². The van der Waals surface area contributed by atoms with Gasteiger partial charge in [-0.25, -0.2) is 0 Å². The Bertz CT molecular complexity index is 295. The number of furan rings is 1. The third-order valence-electron chi connectivity index (χ3n) is 3.39. The summed E-state index contributed by atoms with van der Waals surface area (Å²) < 4.78 is 5.38. The van der Waals surface area contributed by atoms with Crippen LogP contribution < -0.4 is 5.32 Å². The average molecular weight is 222 g/mol. The number of piperazine rings is 1. The van der Waals surface area contributed by atoms with Gasteiger partial charge in [0.15, 0.2) is 0 Å². The first-order valence-electron chi connectivity index (χ1n) is 6.24. The maximum absolute atomic E-state index is 5.38. The van der Waals surface area contributed by atoms with Gasteiger partial charge in [-0.15, -0.1) is 0 Å². The molecule has 3 nitrogen and oxygen atoms in total. The largest absolute Gasteiger partial charge is 0.469 e. The lowest BCUT2D eigenvalue weighted by Crippen LogP contribution is -2.53. The zero-order chi connectivity index (χ0) is 11.4. The first kappa shape index (κ1) is 11.7. The summed E-state index contributed by atoms with van der Waals surface area (Å²) in [5.74, 6) is 1.81. The molecule has 0 radical (unpaired) electrons. The molecule has 0 aliphatic carbocycles. The number of hydrogen-bond acceptors (Lipinski definition) is 3. The lowest BCUT2D eigenvalue weighted by atomic mass is 10.0. The predicted octanol–water partition coefficient (Wildman–Crippen LogP) is 1.75. The van der Waals surface area contributed by atoms with Crippen LogP contribution in [0.1, 0.15) is 19.6 Å². The van der Waals surface area contributed by atoms with Gasteiger partial charge in [0.1, 0.15) is 5.76 Å². The van der Waals surface area contributed by atoms with E-state index in [1.807, 2.05) is 6.07 Å². The van der Waals surface area contributed by atoms with Gasteiger partial charge in [-0.3, -0.25) is 4.90 Å². The summed E-state index contributed by atoms with van der Waals surface area (Å²) in [5.41, 5.74) is 0. The van der Waals surface area contributed by atoms with Crippen molar-refractivity contribution < 1.29 is 4.42 Å². The molecule has 1 fully saturated rings. The molecule has 0 saturated carbocycles. The molecule has 0 amide bonds. The number of hydrogen-bond donors (Lipinski definition) is 1. The van der Waals surface area contributed by atoms with E-state index in [2.05, 4.69) is 30.1 Å². The van der Waals surface area contributed by atoms with E-state index in [1.54, 1.807) is 6.26 Å². The van der Waals surface area contributed by atoms with Gasteiger partial charge in [0.25, 0.3) is 0 Å². The van der Waals surface area contributed by atoms with E-state index in [4.69, 9.17) is 4.42 Å². The maximum atomic E-state index is 5.38. The van der Waals surface area contributed by atoms with Crippen molar-refractivity contribution in [2.45, 2.75) is 26.3 Å². The van der Waals surface area contributed by atoms with E-state index in [1.165, 1.54) is 0 Å². The van der Waals surface area contributed by atoms with E-state index >= 15 is 0 Å². The van der Waals surface area contributed by atoms with Crippen LogP contribution in [0.2, 0.25) is 0 Å². The summed E-state index contributed by atoms with van der Waals surface area (Å²) in [4.78, 5) is 2.59. The Morgan fingerprint density at radius 2 is 2.44 bits per heavy atom. The number of nitrogens with zero attached hydrogens (tertiary/aromatic N) is 1. The number of rotatable bonds is 4. The van der Waals surface area contributed by atoms with Gasteiger partial charge in [-0.2, -0.15) is 0 Å². The van der Waals surface area contributed by atoms with Crippen LogP contribution in [0.25, 0.3) is 0 Å². The van der Waals surface area contributed by atoms with Crippen molar-refractivity contribution in [2.75, 3.05) is 26.2 Å². The van der Waals surface area contributed by atoms with Crippen molar-refractivity contribution in [3.63, 3.8) is 0 Å². The predicted molar refractivity (Wildman–Crippen MR) is 65.5 cm³/mol. The number of nitrogens with one attached hydrogen (secondary N) is 1. The van der Waals surface area contributed by atoms with E-state index < -0.39 is 0 Å². The molecule has 0 bridgehead atoms. The Hall–Kier alpha value is -0.800. The molecular formula is C13H22N2O. The quantitative estimate of drug-likeness (QED) is 0.841. The molecular weight excluding hydrogens is 200 g/mol. The Morgan fingerprint density at radius 3 is 3.12 bits per heavy atom. The Labute approximate surface area is 97.8 Å². The van der Waals surface area contributed by atoms with Crippen molar-refractivity contribution in [2.24, 2.45) is 5.92 Å². The van der Waals surface area contributed by atoms with Crippen LogP contribution in [0.3, 0.4) is 0 Å². The summed E-state index contributed by atoms with van der Waals surface area (Å²) in [7, 11) is 0. The molecule has 1 aromatic rings. The second-order valence-electron chi connectivity index (χ2n) is 4.88.